The second kappa shape index (κ2) is 8.71. The second-order valence-electron chi connectivity index (χ2n) is 9.55. The molecule has 166 valence electrons. The van der Waals surface area contributed by atoms with Crippen LogP contribution in [0, 0.1) is 11.8 Å². The molecule has 3 amide bonds. The minimum atomic E-state index is -0.550. The van der Waals surface area contributed by atoms with Crippen LogP contribution in [0.4, 0.5) is 0 Å². The number of imide groups is 1. The lowest BCUT2D eigenvalue weighted by atomic mass is 9.79. The molecule has 0 spiro atoms. The molecule has 0 bridgehead atoms. The van der Waals surface area contributed by atoms with Crippen molar-refractivity contribution in [3.05, 3.63) is 34.9 Å². The standard InChI is InChI=1S/C24H32N4O3/c29-21-5-4-20(23(30)26-21)28-15-19-3-1-2-18(22(19)24(28)31)14-27-12-8-17(9-13-27)16-6-10-25-11-7-16/h1-3,16-17,20,25H,4-15H2,(H,26,29,30). The van der Waals surface area contributed by atoms with Crippen LogP contribution in [0.1, 0.15) is 60.0 Å². The molecule has 4 aliphatic rings. The molecule has 4 aliphatic heterocycles. The van der Waals surface area contributed by atoms with E-state index in [-0.39, 0.29) is 24.1 Å². The summed E-state index contributed by atoms with van der Waals surface area (Å²) in [4.78, 5) is 41.2. The number of benzene rings is 1. The van der Waals surface area contributed by atoms with Gasteiger partial charge in [0.15, 0.2) is 0 Å². The van der Waals surface area contributed by atoms with Gasteiger partial charge in [0.25, 0.3) is 5.91 Å². The van der Waals surface area contributed by atoms with Crippen molar-refractivity contribution in [1.29, 1.82) is 0 Å². The monoisotopic (exact) mass is 424 g/mol. The molecule has 7 nitrogen and oxygen atoms in total. The molecule has 5 rings (SSSR count). The maximum atomic E-state index is 13.3. The third-order valence-electron chi connectivity index (χ3n) is 7.72. The average Bonchev–Trinajstić information content (AvgIpc) is 3.12. The Kier molecular flexibility index (Phi) is 5.80. The second-order valence-corrected chi connectivity index (χ2v) is 9.55. The van der Waals surface area contributed by atoms with E-state index in [0.717, 1.165) is 61.2 Å². The van der Waals surface area contributed by atoms with Gasteiger partial charge < -0.3 is 10.2 Å². The normalized spacial score (nSPS) is 26.3. The number of fused-ring (bicyclic) bond motifs is 1. The van der Waals surface area contributed by atoms with Gasteiger partial charge in [0.1, 0.15) is 6.04 Å². The number of nitrogens with zero attached hydrogens (tertiary/aromatic N) is 2. The molecule has 0 radical (unpaired) electrons. The van der Waals surface area contributed by atoms with Gasteiger partial charge >= 0.3 is 0 Å². The fraction of sp³-hybridized carbons (Fsp3) is 0.625. The largest absolute Gasteiger partial charge is 0.322 e. The molecule has 2 N–H and O–H groups in total. The molecule has 3 saturated heterocycles. The summed E-state index contributed by atoms with van der Waals surface area (Å²) in [6, 6.07) is 5.53. The van der Waals surface area contributed by atoms with E-state index in [1.54, 1.807) is 4.90 Å². The number of likely N-dealkylation sites (tertiary alicyclic amines) is 1. The molecule has 3 fully saturated rings. The maximum Gasteiger partial charge on any atom is 0.255 e. The zero-order chi connectivity index (χ0) is 21.4. The first-order chi connectivity index (χ1) is 15.1. The van der Waals surface area contributed by atoms with Crippen LogP contribution in [0.15, 0.2) is 18.2 Å². The summed E-state index contributed by atoms with van der Waals surface area (Å²) in [5, 5.41) is 5.85. The van der Waals surface area contributed by atoms with E-state index < -0.39 is 6.04 Å². The molecule has 4 heterocycles. The molecule has 0 aliphatic carbocycles. The molecule has 1 unspecified atom stereocenters. The lowest BCUT2D eigenvalue weighted by molar-refractivity contribution is -0.136. The molecule has 31 heavy (non-hydrogen) atoms. The van der Waals surface area contributed by atoms with Gasteiger partial charge in [0.2, 0.25) is 11.8 Å². The predicted octanol–water partition coefficient (Wildman–Crippen LogP) is 1.66. The van der Waals surface area contributed by atoms with Crippen molar-refractivity contribution in [3.8, 4) is 0 Å². The van der Waals surface area contributed by atoms with Crippen LogP contribution >= 0.6 is 0 Å². The van der Waals surface area contributed by atoms with Crippen molar-refractivity contribution in [3.63, 3.8) is 0 Å². The Labute approximate surface area is 183 Å². The van der Waals surface area contributed by atoms with Crippen LogP contribution in [0.3, 0.4) is 0 Å². The van der Waals surface area contributed by atoms with Crippen molar-refractivity contribution in [2.75, 3.05) is 26.2 Å². The fourth-order valence-electron chi connectivity index (χ4n) is 5.96. The van der Waals surface area contributed by atoms with Crippen LogP contribution in [-0.2, 0) is 22.7 Å². The van der Waals surface area contributed by atoms with Crippen molar-refractivity contribution in [2.45, 2.75) is 57.7 Å². The summed E-state index contributed by atoms with van der Waals surface area (Å²) in [5.41, 5.74) is 2.84. The number of hydrogen-bond acceptors (Lipinski definition) is 5. The number of amides is 3. The molecule has 1 aromatic rings. The number of rotatable bonds is 4. The highest BCUT2D eigenvalue weighted by atomic mass is 16.2. The Morgan fingerprint density at radius 1 is 0.935 bits per heavy atom. The van der Waals surface area contributed by atoms with Crippen LogP contribution in [0.25, 0.3) is 0 Å². The van der Waals surface area contributed by atoms with Gasteiger partial charge in [0.05, 0.1) is 0 Å². The minimum absolute atomic E-state index is 0.0651. The summed E-state index contributed by atoms with van der Waals surface area (Å²) >= 11 is 0. The van der Waals surface area contributed by atoms with E-state index in [1.807, 2.05) is 12.1 Å². The highest BCUT2D eigenvalue weighted by molar-refractivity contribution is 6.05. The van der Waals surface area contributed by atoms with Gasteiger partial charge in [-0.1, -0.05) is 18.2 Å². The van der Waals surface area contributed by atoms with Gasteiger partial charge in [0, 0.05) is 25.1 Å². The summed E-state index contributed by atoms with van der Waals surface area (Å²) in [6.45, 7) is 5.73. The quantitative estimate of drug-likeness (QED) is 0.719. The zero-order valence-corrected chi connectivity index (χ0v) is 18.1. The van der Waals surface area contributed by atoms with Crippen LogP contribution < -0.4 is 10.6 Å². The topological polar surface area (TPSA) is 81.8 Å². The van der Waals surface area contributed by atoms with E-state index in [9.17, 15) is 14.4 Å². The Bertz CT molecular complexity index is 872. The molecular formula is C24H32N4O3. The SMILES string of the molecule is O=C1CCC(N2Cc3cccc(CN4CCC(C5CCNCC5)CC4)c3C2=O)C(=O)N1. The Morgan fingerprint density at radius 3 is 2.42 bits per heavy atom. The Hall–Kier alpha value is -2.25. The van der Waals surface area contributed by atoms with Gasteiger partial charge in [-0.15, -0.1) is 0 Å². The average molecular weight is 425 g/mol. The predicted molar refractivity (Wildman–Crippen MR) is 116 cm³/mol. The van der Waals surface area contributed by atoms with E-state index in [1.165, 1.54) is 25.7 Å². The lowest BCUT2D eigenvalue weighted by Crippen LogP contribution is -2.52. The van der Waals surface area contributed by atoms with Crippen LogP contribution in [-0.4, -0.2) is 59.7 Å². The van der Waals surface area contributed by atoms with Gasteiger partial charge in [-0.05, 0) is 81.2 Å². The third-order valence-corrected chi connectivity index (χ3v) is 7.72. The highest BCUT2D eigenvalue weighted by Crippen LogP contribution is 2.33. The van der Waals surface area contributed by atoms with Crippen molar-refractivity contribution in [2.24, 2.45) is 11.8 Å². The summed E-state index contributed by atoms with van der Waals surface area (Å²) in [6.07, 6.45) is 5.80. The molecule has 1 atom stereocenters. The lowest BCUT2D eigenvalue weighted by Gasteiger charge is -2.38. The first-order valence-corrected chi connectivity index (χ1v) is 11.8. The minimum Gasteiger partial charge on any atom is -0.322 e. The van der Waals surface area contributed by atoms with Gasteiger partial charge in [-0.25, -0.2) is 0 Å². The summed E-state index contributed by atoms with van der Waals surface area (Å²) < 4.78 is 0. The molecule has 1 aromatic carbocycles. The molecule has 0 saturated carbocycles. The van der Waals surface area contributed by atoms with Crippen molar-refractivity contribution < 1.29 is 14.4 Å². The first-order valence-electron chi connectivity index (χ1n) is 11.8. The first kappa shape index (κ1) is 20.6. The summed E-state index contributed by atoms with van der Waals surface area (Å²) in [5.74, 6) is 1.04. The van der Waals surface area contributed by atoms with E-state index in [0.29, 0.717) is 13.0 Å². The maximum absolute atomic E-state index is 13.3. The third kappa shape index (κ3) is 4.13. The van der Waals surface area contributed by atoms with E-state index in [2.05, 4.69) is 21.6 Å². The van der Waals surface area contributed by atoms with Gasteiger partial charge in [-0.2, -0.15) is 0 Å². The summed E-state index contributed by atoms with van der Waals surface area (Å²) in [7, 11) is 0. The number of carbonyl (C=O) groups is 3. The molecule has 7 heteroatoms. The fourth-order valence-corrected chi connectivity index (χ4v) is 5.96. The van der Waals surface area contributed by atoms with Crippen LogP contribution in [0.2, 0.25) is 0 Å². The number of carbonyl (C=O) groups excluding carboxylic acids is 3. The van der Waals surface area contributed by atoms with E-state index >= 15 is 0 Å². The zero-order valence-electron chi connectivity index (χ0n) is 18.1. The number of piperidine rings is 3. The highest BCUT2D eigenvalue weighted by Gasteiger charge is 2.40. The molecular weight excluding hydrogens is 392 g/mol. The van der Waals surface area contributed by atoms with Crippen LogP contribution in [0.5, 0.6) is 0 Å². The molecule has 0 aromatic heterocycles. The van der Waals surface area contributed by atoms with Gasteiger partial charge in [-0.3, -0.25) is 24.6 Å². The van der Waals surface area contributed by atoms with Crippen molar-refractivity contribution in [1.82, 2.24) is 20.4 Å². The number of nitrogens with one attached hydrogen (secondary N) is 2. The number of hydrogen-bond donors (Lipinski definition) is 2. The van der Waals surface area contributed by atoms with Crippen molar-refractivity contribution >= 4 is 17.7 Å². The Morgan fingerprint density at radius 2 is 1.68 bits per heavy atom. The smallest absolute Gasteiger partial charge is 0.255 e. The Balaban J connectivity index is 1.24. The van der Waals surface area contributed by atoms with E-state index in [4.69, 9.17) is 0 Å².